The van der Waals surface area contributed by atoms with Gasteiger partial charge in [-0.15, -0.1) is 0 Å². The van der Waals surface area contributed by atoms with Crippen LogP contribution in [0.4, 0.5) is 5.69 Å². The van der Waals surface area contributed by atoms with E-state index in [4.69, 9.17) is 4.99 Å². The van der Waals surface area contributed by atoms with Crippen LogP contribution in [0.1, 0.15) is 42.6 Å². The number of carbonyl (C=O) groups excluding carboxylic acids is 2. The number of benzene rings is 1. The number of aromatic nitrogens is 2. The van der Waals surface area contributed by atoms with Gasteiger partial charge in [-0.25, -0.2) is 4.99 Å². The molecule has 0 spiro atoms. The maximum absolute atomic E-state index is 12.7. The second-order valence-electron chi connectivity index (χ2n) is 7.82. The summed E-state index contributed by atoms with van der Waals surface area (Å²) in [7, 11) is 1.84. The van der Waals surface area contributed by atoms with Crippen LogP contribution in [0.2, 0.25) is 0 Å². The summed E-state index contributed by atoms with van der Waals surface area (Å²) in [6.07, 6.45) is 5.58. The van der Waals surface area contributed by atoms with Crippen molar-refractivity contribution in [1.82, 2.24) is 25.3 Å². The third-order valence-corrected chi connectivity index (χ3v) is 5.30. The minimum absolute atomic E-state index is 0.0216. The van der Waals surface area contributed by atoms with Crippen molar-refractivity contribution in [3.05, 3.63) is 47.8 Å². The van der Waals surface area contributed by atoms with Gasteiger partial charge in [0.2, 0.25) is 5.91 Å². The van der Waals surface area contributed by atoms with Gasteiger partial charge in [-0.05, 0) is 31.0 Å². The van der Waals surface area contributed by atoms with E-state index in [0.29, 0.717) is 44.2 Å². The number of unbranched alkanes of at least 4 members (excludes halogenated alkanes) is 1. The molecule has 2 aromatic rings. The highest BCUT2D eigenvalue weighted by atomic mass is 16.2. The lowest BCUT2D eigenvalue weighted by atomic mass is 10.1. The summed E-state index contributed by atoms with van der Waals surface area (Å²) >= 11 is 0. The van der Waals surface area contributed by atoms with Gasteiger partial charge in [0, 0.05) is 45.0 Å². The van der Waals surface area contributed by atoms with E-state index in [2.05, 4.69) is 22.7 Å². The van der Waals surface area contributed by atoms with E-state index in [1.54, 1.807) is 15.8 Å². The summed E-state index contributed by atoms with van der Waals surface area (Å²) in [6.45, 7) is 7.51. The number of hydrogen-bond donors (Lipinski definition) is 2. The Balaban J connectivity index is 1.60. The average Bonchev–Trinajstić information content (AvgIpc) is 3.23. The van der Waals surface area contributed by atoms with Gasteiger partial charge in [0.05, 0.1) is 18.4 Å². The second-order valence-corrected chi connectivity index (χ2v) is 7.82. The number of hydrogen-bond acceptors (Lipinski definition) is 4. The van der Waals surface area contributed by atoms with Crippen molar-refractivity contribution in [3.8, 4) is 0 Å². The van der Waals surface area contributed by atoms with Crippen LogP contribution < -0.4 is 15.5 Å². The summed E-state index contributed by atoms with van der Waals surface area (Å²) in [5.74, 6) is 0.688. The molecular weight excluding hydrogens is 406 g/mol. The van der Waals surface area contributed by atoms with Crippen molar-refractivity contribution in [3.63, 3.8) is 0 Å². The summed E-state index contributed by atoms with van der Waals surface area (Å²) < 4.78 is 1.70. The highest BCUT2D eigenvalue weighted by Crippen LogP contribution is 2.16. The molecule has 0 bridgehead atoms. The van der Waals surface area contributed by atoms with Crippen LogP contribution >= 0.6 is 0 Å². The number of nitrogens with zero attached hydrogens (tertiary/aromatic N) is 5. The van der Waals surface area contributed by atoms with Gasteiger partial charge in [-0.2, -0.15) is 5.10 Å². The first kappa shape index (κ1) is 23.3. The van der Waals surface area contributed by atoms with Crippen molar-refractivity contribution in [1.29, 1.82) is 0 Å². The predicted molar refractivity (Wildman–Crippen MR) is 126 cm³/mol. The first-order valence-electron chi connectivity index (χ1n) is 11.2. The minimum atomic E-state index is -0.0492. The van der Waals surface area contributed by atoms with Gasteiger partial charge in [-0.1, -0.05) is 25.5 Å². The summed E-state index contributed by atoms with van der Waals surface area (Å²) in [5.41, 5.74) is 2.47. The number of nitrogens with one attached hydrogen (secondary N) is 2. The Hall–Kier alpha value is -3.36. The average molecular weight is 440 g/mol. The number of carbonyl (C=O) groups is 2. The fourth-order valence-electron chi connectivity index (χ4n) is 3.51. The zero-order valence-corrected chi connectivity index (χ0v) is 19.2. The van der Waals surface area contributed by atoms with Gasteiger partial charge >= 0.3 is 0 Å². The molecule has 1 saturated heterocycles. The topological polar surface area (TPSA) is 94.9 Å². The Morgan fingerprint density at radius 1 is 1.16 bits per heavy atom. The number of aliphatic imine (C=N–C) groups is 1. The molecule has 0 aliphatic carbocycles. The van der Waals surface area contributed by atoms with Crippen molar-refractivity contribution in [2.24, 2.45) is 12.0 Å². The quantitative estimate of drug-likeness (QED) is 0.371. The molecule has 9 nitrogen and oxygen atoms in total. The first-order chi connectivity index (χ1) is 15.5. The molecule has 3 rings (SSSR count). The van der Waals surface area contributed by atoms with E-state index in [1.165, 1.54) is 0 Å². The van der Waals surface area contributed by atoms with Gasteiger partial charge in [0.25, 0.3) is 5.91 Å². The first-order valence-corrected chi connectivity index (χ1v) is 11.2. The van der Waals surface area contributed by atoms with E-state index in [-0.39, 0.29) is 18.4 Å². The van der Waals surface area contributed by atoms with E-state index in [0.717, 1.165) is 24.1 Å². The highest BCUT2D eigenvalue weighted by Gasteiger charge is 2.27. The standard InChI is InChI=1S/C23H33N7O2/c1-4-6-11-25-22(32)19-9-7-18(8-10-19)14-26-23(24-5-2)29-12-13-30(21(31)17-29)20-15-27-28(3)16-20/h7-10,15-16H,4-6,11-14,17H2,1-3H3,(H,24,26)(H,25,32). The van der Waals surface area contributed by atoms with Crippen LogP contribution in [0.25, 0.3) is 0 Å². The Morgan fingerprint density at radius 3 is 2.56 bits per heavy atom. The Morgan fingerprint density at radius 2 is 1.94 bits per heavy atom. The number of guanidine groups is 1. The number of aryl methyl sites for hydroxylation is 1. The molecule has 2 N–H and O–H groups in total. The lowest BCUT2D eigenvalue weighted by Gasteiger charge is -2.35. The number of anilines is 1. The normalized spacial score (nSPS) is 14.6. The molecule has 172 valence electrons. The van der Waals surface area contributed by atoms with Crippen LogP contribution in [-0.4, -0.2) is 65.2 Å². The van der Waals surface area contributed by atoms with Crippen LogP contribution in [-0.2, 0) is 18.4 Å². The van der Waals surface area contributed by atoms with Gasteiger partial charge < -0.3 is 20.4 Å². The summed E-state index contributed by atoms with van der Waals surface area (Å²) in [6, 6.07) is 7.51. The molecule has 0 saturated carbocycles. The zero-order valence-electron chi connectivity index (χ0n) is 19.2. The van der Waals surface area contributed by atoms with Crippen molar-refractivity contribution >= 4 is 23.5 Å². The maximum Gasteiger partial charge on any atom is 0.251 e. The van der Waals surface area contributed by atoms with Gasteiger partial charge in [-0.3, -0.25) is 14.3 Å². The van der Waals surface area contributed by atoms with Gasteiger partial charge in [0.15, 0.2) is 5.96 Å². The summed E-state index contributed by atoms with van der Waals surface area (Å²) in [5, 5.41) is 10.4. The molecule has 1 aliphatic heterocycles. The molecule has 1 aromatic heterocycles. The molecular formula is C23H33N7O2. The van der Waals surface area contributed by atoms with Crippen molar-refractivity contribution < 1.29 is 9.59 Å². The van der Waals surface area contributed by atoms with Crippen LogP contribution in [0.15, 0.2) is 41.7 Å². The molecule has 2 amide bonds. The molecule has 0 radical (unpaired) electrons. The molecule has 1 fully saturated rings. The lowest BCUT2D eigenvalue weighted by Crippen LogP contribution is -2.55. The predicted octanol–water partition coefficient (Wildman–Crippen LogP) is 1.76. The fraction of sp³-hybridized carbons (Fsp3) is 0.478. The third-order valence-electron chi connectivity index (χ3n) is 5.30. The molecule has 0 unspecified atom stereocenters. The van der Waals surface area contributed by atoms with E-state index in [9.17, 15) is 9.59 Å². The molecule has 1 aromatic carbocycles. The Labute approximate surface area is 189 Å². The number of amides is 2. The van der Waals surface area contributed by atoms with E-state index < -0.39 is 0 Å². The van der Waals surface area contributed by atoms with E-state index in [1.807, 2.05) is 49.3 Å². The monoisotopic (exact) mass is 439 g/mol. The SMILES string of the molecule is CCCCNC(=O)c1ccc(CN=C(NCC)N2CCN(c3cnn(C)c3)C(=O)C2)cc1. The molecule has 2 heterocycles. The number of piperazine rings is 1. The largest absolute Gasteiger partial charge is 0.356 e. The fourth-order valence-corrected chi connectivity index (χ4v) is 3.51. The molecule has 9 heteroatoms. The van der Waals surface area contributed by atoms with Crippen LogP contribution in [0.5, 0.6) is 0 Å². The Bertz CT molecular complexity index is 936. The molecule has 0 atom stereocenters. The minimum Gasteiger partial charge on any atom is -0.356 e. The number of rotatable bonds is 8. The van der Waals surface area contributed by atoms with E-state index >= 15 is 0 Å². The van der Waals surface area contributed by atoms with Crippen molar-refractivity contribution in [2.45, 2.75) is 33.2 Å². The Kier molecular flexibility index (Phi) is 8.24. The van der Waals surface area contributed by atoms with Crippen LogP contribution in [0.3, 0.4) is 0 Å². The zero-order chi connectivity index (χ0) is 22.9. The third kappa shape index (κ3) is 6.09. The second kappa shape index (κ2) is 11.3. The van der Waals surface area contributed by atoms with Gasteiger partial charge in [0.1, 0.15) is 6.54 Å². The van der Waals surface area contributed by atoms with Crippen molar-refractivity contribution in [2.75, 3.05) is 37.6 Å². The summed E-state index contributed by atoms with van der Waals surface area (Å²) in [4.78, 5) is 33.3. The van der Waals surface area contributed by atoms with Crippen LogP contribution in [0, 0.1) is 0 Å². The molecule has 32 heavy (non-hydrogen) atoms. The molecule has 1 aliphatic rings. The highest BCUT2D eigenvalue weighted by molar-refractivity contribution is 5.98. The maximum atomic E-state index is 12.7. The lowest BCUT2D eigenvalue weighted by molar-refractivity contribution is -0.120. The smallest absolute Gasteiger partial charge is 0.251 e.